The monoisotopic (exact) mass is 401 g/mol. The fourth-order valence-electron chi connectivity index (χ4n) is 3.72. The van der Waals surface area contributed by atoms with Crippen molar-refractivity contribution in [3.63, 3.8) is 0 Å². The minimum absolute atomic E-state index is 0.0345. The Balaban J connectivity index is 1.64. The second-order valence-electron chi connectivity index (χ2n) is 7.84. The van der Waals surface area contributed by atoms with Crippen molar-refractivity contribution < 1.29 is 14.6 Å². The van der Waals surface area contributed by atoms with Gasteiger partial charge in [0.1, 0.15) is 18.0 Å². The fourth-order valence-corrected chi connectivity index (χ4v) is 3.83. The molecule has 0 spiro atoms. The number of rotatable bonds is 4. The Bertz CT molecular complexity index is 844. The van der Waals surface area contributed by atoms with Gasteiger partial charge in [0.2, 0.25) is 0 Å². The molecule has 1 unspecified atom stereocenters. The molecular weight excluding hydrogens is 374 g/mol. The number of likely N-dealkylation sites (tertiary alicyclic amines) is 1. The maximum absolute atomic E-state index is 12.9. The van der Waals surface area contributed by atoms with Crippen LogP contribution in [0, 0.1) is 20.8 Å². The third kappa shape index (κ3) is 4.68. The molecule has 1 aliphatic heterocycles. The van der Waals surface area contributed by atoms with E-state index in [2.05, 4.69) is 0 Å². The number of aliphatic hydroxyl groups is 1. The van der Waals surface area contributed by atoms with Gasteiger partial charge in [-0.3, -0.25) is 4.79 Å². The summed E-state index contributed by atoms with van der Waals surface area (Å²) >= 11 is 6.21. The van der Waals surface area contributed by atoms with Crippen LogP contribution >= 0.6 is 11.6 Å². The van der Waals surface area contributed by atoms with Crippen LogP contribution in [0.4, 0.5) is 0 Å². The number of hydrogen-bond donors (Lipinski definition) is 1. The highest BCUT2D eigenvalue weighted by atomic mass is 35.5. The average Bonchev–Trinajstić information content (AvgIpc) is 2.86. The van der Waals surface area contributed by atoms with Crippen molar-refractivity contribution in [1.82, 2.24) is 4.90 Å². The fraction of sp³-hybridized carbons (Fsp3) is 0.435. The zero-order chi connectivity index (χ0) is 20.3. The SMILES string of the molecule is Cc1ccccc1C(=O)N1CCCC(O)(COc2cc(C)c(Cl)c(C)c2)CC1. The Kier molecular flexibility index (Phi) is 6.31. The standard InChI is InChI=1S/C23H28ClNO3/c1-16-7-4-5-8-20(16)22(26)25-11-6-9-23(27,10-12-25)15-28-19-13-17(2)21(24)18(3)14-19/h4-5,7-8,13-14,27H,6,9-12,15H2,1-3H3. The van der Waals surface area contributed by atoms with Crippen LogP contribution in [0.5, 0.6) is 5.75 Å². The second-order valence-corrected chi connectivity index (χ2v) is 8.22. The van der Waals surface area contributed by atoms with Crippen LogP contribution in [0.15, 0.2) is 36.4 Å². The van der Waals surface area contributed by atoms with Gasteiger partial charge in [-0.05, 0) is 74.9 Å². The number of carbonyl (C=O) groups is 1. The van der Waals surface area contributed by atoms with Gasteiger partial charge in [-0.15, -0.1) is 0 Å². The van der Waals surface area contributed by atoms with E-state index in [1.807, 2.05) is 62.1 Å². The first-order valence-electron chi connectivity index (χ1n) is 9.76. The number of benzene rings is 2. The molecule has 0 aromatic heterocycles. The number of amides is 1. The van der Waals surface area contributed by atoms with Crippen LogP contribution in [-0.4, -0.2) is 41.2 Å². The van der Waals surface area contributed by atoms with E-state index < -0.39 is 5.60 Å². The van der Waals surface area contributed by atoms with E-state index in [4.69, 9.17) is 16.3 Å². The highest BCUT2D eigenvalue weighted by Crippen LogP contribution is 2.29. The molecule has 1 saturated heterocycles. The lowest BCUT2D eigenvalue weighted by molar-refractivity contribution is -0.0163. The minimum atomic E-state index is -0.942. The summed E-state index contributed by atoms with van der Waals surface area (Å²) < 4.78 is 5.91. The number of ether oxygens (including phenoxy) is 1. The third-order valence-electron chi connectivity index (χ3n) is 5.50. The van der Waals surface area contributed by atoms with Crippen molar-refractivity contribution in [2.24, 2.45) is 0 Å². The molecule has 3 rings (SSSR count). The molecule has 2 aromatic rings. The van der Waals surface area contributed by atoms with Crippen molar-refractivity contribution in [3.8, 4) is 5.75 Å². The zero-order valence-electron chi connectivity index (χ0n) is 16.8. The van der Waals surface area contributed by atoms with Crippen LogP contribution in [0.25, 0.3) is 0 Å². The predicted molar refractivity (Wildman–Crippen MR) is 112 cm³/mol. The molecule has 1 N–H and O–H groups in total. The van der Waals surface area contributed by atoms with Gasteiger partial charge >= 0.3 is 0 Å². The predicted octanol–water partition coefficient (Wildman–Crippen LogP) is 4.70. The molecule has 1 heterocycles. The third-order valence-corrected chi connectivity index (χ3v) is 6.09. The summed E-state index contributed by atoms with van der Waals surface area (Å²) in [5.74, 6) is 0.747. The van der Waals surface area contributed by atoms with Crippen molar-refractivity contribution in [1.29, 1.82) is 0 Å². The molecule has 0 aliphatic carbocycles. The molecule has 2 aromatic carbocycles. The second kappa shape index (κ2) is 8.54. The Labute approximate surface area is 172 Å². The van der Waals surface area contributed by atoms with E-state index in [0.717, 1.165) is 33.7 Å². The summed E-state index contributed by atoms with van der Waals surface area (Å²) in [5.41, 5.74) is 2.68. The maximum Gasteiger partial charge on any atom is 0.254 e. The van der Waals surface area contributed by atoms with Gasteiger partial charge in [-0.25, -0.2) is 0 Å². The van der Waals surface area contributed by atoms with Gasteiger partial charge in [0.05, 0.1) is 0 Å². The van der Waals surface area contributed by atoms with E-state index in [-0.39, 0.29) is 12.5 Å². The molecular formula is C23H28ClNO3. The van der Waals surface area contributed by atoms with Crippen molar-refractivity contribution >= 4 is 17.5 Å². The van der Waals surface area contributed by atoms with Crippen LogP contribution in [-0.2, 0) is 0 Å². The summed E-state index contributed by atoms with van der Waals surface area (Å²) in [7, 11) is 0. The molecule has 150 valence electrons. The molecule has 0 bridgehead atoms. The Hall–Kier alpha value is -2.04. The summed E-state index contributed by atoms with van der Waals surface area (Å²) in [6.45, 7) is 7.21. The maximum atomic E-state index is 12.9. The number of halogens is 1. The van der Waals surface area contributed by atoms with Crippen LogP contribution in [0.3, 0.4) is 0 Å². The van der Waals surface area contributed by atoms with Gasteiger partial charge in [0.25, 0.3) is 5.91 Å². The highest BCUT2D eigenvalue weighted by Gasteiger charge is 2.33. The van der Waals surface area contributed by atoms with Gasteiger partial charge in [-0.2, -0.15) is 0 Å². The molecule has 0 saturated carbocycles. The van der Waals surface area contributed by atoms with Gasteiger partial charge < -0.3 is 14.7 Å². The van der Waals surface area contributed by atoms with Crippen molar-refractivity contribution in [3.05, 3.63) is 63.7 Å². The molecule has 4 nitrogen and oxygen atoms in total. The smallest absolute Gasteiger partial charge is 0.254 e. The lowest BCUT2D eigenvalue weighted by Gasteiger charge is -2.27. The average molecular weight is 402 g/mol. The summed E-state index contributed by atoms with van der Waals surface area (Å²) in [6.07, 6.45) is 1.85. The summed E-state index contributed by atoms with van der Waals surface area (Å²) in [4.78, 5) is 14.7. The van der Waals surface area contributed by atoms with Crippen LogP contribution in [0.2, 0.25) is 5.02 Å². The first-order valence-corrected chi connectivity index (χ1v) is 10.1. The highest BCUT2D eigenvalue weighted by molar-refractivity contribution is 6.32. The van der Waals surface area contributed by atoms with Gasteiger partial charge in [-0.1, -0.05) is 29.8 Å². The Morgan fingerprint density at radius 2 is 1.79 bits per heavy atom. The Morgan fingerprint density at radius 3 is 2.46 bits per heavy atom. The van der Waals surface area contributed by atoms with Crippen LogP contribution in [0.1, 0.15) is 46.3 Å². The van der Waals surface area contributed by atoms with Crippen molar-refractivity contribution in [2.75, 3.05) is 19.7 Å². The van der Waals surface area contributed by atoms with E-state index in [1.165, 1.54) is 0 Å². The normalized spacial score (nSPS) is 20.0. The number of carbonyl (C=O) groups excluding carboxylic acids is 1. The van der Waals surface area contributed by atoms with E-state index in [0.29, 0.717) is 31.7 Å². The number of aryl methyl sites for hydroxylation is 3. The first kappa shape index (κ1) is 20.7. The molecule has 1 amide bonds. The summed E-state index contributed by atoms with van der Waals surface area (Å²) in [6, 6.07) is 11.4. The quantitative estimate of drug-likeness (QED) is 0.807. The molecule has 1 fully saturated rings. The lowest BCUT2D eigenvalue weighted by atomic mass is 9.96. The molecule has 1 aliphatic rings. The minimum Gasteiger partial charge on any atom is -0.491 e. The van der Waals surface area contributed by atoms with E-state index in [1.54, 1.807) is 0 Å². The largest absolute Gasteiger partial charge is 0.491 e. The van der Waals surface area contributed by atoms with Gasteiger partial charge in [0, 0.05) is 23.7 Å². The zero-order valence-corrected chi connectivity index (χ0v) is 17.6. The molecule has 28 heavy (non-hydrogen) atoms. The van der Waals surface area contributed by atoms with Gasteiger partial charge in [0.15, 0.2) is 0 Å². The lowest BCUT2D eigenvalue weighted by Crippen LogP contribution is -2.38. The van der Waals surface area contributed by atoms with E-state index >= 15 is 0 Å². The number of hydrogen-bond acceptors (Lipinski definition) is 3. The first-order chi connectivity index (χ1) is 13.3. The van der Waals surface area contributed by atoms with E-state index in [9.17, 15) is 9.90 Å². The summed E-state index contributed by atoms with van der Waals surface area (Å²) in [5, 5.41) is 11.8. The number of nitrogens with zero attached hydrogens (tertiary/aromatic N) is 1. The molecule has 0 radical (unpaired) electrons. The topological polar surface area (TPSA) is 49.8 Å². The molecule has 1 atom stereocenters. The molecule has 5 heteroatoms. The van der Waals surface area contributed by atoms with Crippen LogP contribution < -0.4 is 4.74 Å². The Morgan fingerprint density at radius 1 is 1.11 bits per heavy atom. The van der Waals surface area contributed by atoms with Crippen molar-refractivity contribution in [2.45, 2.75) is 45.6 Å².